The number of rotatable bonds is 0. The van der Waals surface area contributed by atoms with Crippen molar-refractivity contribution in [2.75, 3.05) is 0 Å². The van der Waals surface area contributed by atoms with E-state index in [1.165, 1.54) is 0 Å². The molecule has 0 unspecified atom stereocenters. The Morgan fingerprint density at radius 1 is 0.600 bits per heavy atom. The average molecular weight is 160 g/mol. The largest absolute Gasteiger partial charge is 0.412 e. The fourth-order valence-corrected chi connectivity index (χ4v) is 0. The second-order valence-electron chi connectivity index (χ2n) is 0. The molecule has 0 bridgehead atoms. The van der Waals surface area contributed by atoms with Gasteiger partial charge in [-0.3, -0.25) is 0 Å². The van der Waals surface area contributed by atoms with E-state index in [0.717, 1.165) is 0 Å². The minimum atomic E-state index is 0. The van der Waals surface area contributed by atoms with E-state index in [0.29, 0.717) is 0 Å². The standard InChI is InChI=1S/CH3.3H2O.Zr/h1H3;3*1H2;/q-1;;;;. The van der Waals surface area contributed by atoms with Crippen LogP contribution in [0.3, 0.4) is 0 Å². The zero-order valence-electron chi connectivity index (χ0n) is 3.00. The molecule has 0 aromatic heterocycles. The molecular formula is CH9O3Zr-. The molecule has 0 amide bonds. The monoisotopic (exact) mass is 159 g/mol. The summed E-state index contributed by atoms with van der Waals surface area (Å²) in [5.74, 6) is 0. The molecule has 0 radical (unpaired) electrons. The van der Waals surface area contributed by atoms with Crippen LogP contribution in [0.25, 0.3) is 0 Å². The summed E-state index contributed by atoms with van der Waals surface area (Å²) in [7, 11) is 0. The van der Waals surface area contributed by atoms with Crippen LogP contribution in [0.15, 0.2) is 0 Å². The molecule has 0 aliphatic heterocycles. The van der Waals surface area contributed by atoms with Crippen molar-refractivity contribution in [2.45, 2.75) is 0 Å². The van der Waals surface area contributed by atoms with Crippen LogP contribution in [-0.4, -0.2) is 16.4 Å². The first-order valence-electron chi connectivity index (χ1n) is 0. The summed E-state index contributed by atoms with van der Waals surface area (Å²) in [5, 5.41) is 0. The minimum absolute atomic E-state index is 0. The molecule has 0 spiro atoms. The van der Waals surface area contributed by atoms with Crippen LogP contribution >= 0.6 is 0 Å². The Kier molecular flexibility index (Phi) is 5200. The maximum absolute atomic E-state index is 0. The van der Waals surface area contributed by atoms with E-state index >= 15 is 0 Å². The van der Waals surface area contributed by atoms with Crippen molar-refractivity contribution in [1.82, 2.24) is 0 Å². The first-order valence-corrected chi connectivity index (χ1v) is 0. The number of hydrogen-bond acceptors (Lipinski definition) is 0. The van der Waals surface area contributed by atoms with Gasteiger partial charge in [-0.2, -0.15) is 0 Å². The van der Waals surface area contributed by atoms with Crippen LogP contribution in [0.5, 0.6) is 0 Å². The summed E-state index contributed by atoms with van der Waals surface area (Å²) < 4.78 is 0. The van der Waals surface area contributed by atoms with Gasteiger partial charge in [-0.05, 0) is 0 Å². The molecule has 0 fully saturated rings. The van der Waals surface area contributed by atoms with Crippen molar-refractivity contribution in [3.05, 3.63) is 7.43 Å². The van der Waals surface area contributed by atoms with Gasteiger partial charge < -0.3 is 23.9 Å². The van der Waals surface area contributed by atoms with Gasteiger partial charge in [0.15, 0.2) is 0 Å². The first kappa shape index (κ1) is 225. The second kappa shape index (κ2) is 116. The maximum Gasteiger partial charge on any atom is 0 e. The van der Waals surface area contributed by atoms with E-state index in [1.54, 1.807) is 0 Å². The molecule has 0 atom stereocenters. The van der Waals surface area contributed by atoms with Gasteiger partial charge in [0.2, 0.25) is 0 Å². The van der Waals surface area contributed by atoms with E-state index < -0.39 is 0 Å². The van der Waals surface area contributed by atoms with Gasteiger partial charge in [0.25, 0.3) is 0 Å². The Balaban J connectivity index is 0. The predicted octanol–water partition coefficient (Wildman–Crippen LogP) is -2.03. The van der Waals surface area contributed by atoms with Crippen LogP contribution in [0.2, 0.25) is 0 Å². The van der Waals surface area contributed by atoms with Gasteiger partial charge in [0, 0.05) is 26.2 Å². The van der Waals surface area contributed by atoms with E-state index in [9.17, 15) is 0 Å². The molecule has 4 heteroatoms. The van der Waals surface area contributed by atoms with Gasteiger partial charge in [-0.15, -0.1) is 0 Å². The van der Waals surface area contributed by atoms with E-state index in [-0.39, 0.29) is 50.1 Å². The van der Waals surface area contributed by atoms with Gasteiger partial charge >= 0.3 is 0 Å². The maximum atomic E-state index is 0. The molecule has 36 valence electrons. The minimum Gasteiger partial charge on any atom is -0.412 e. The molecule has 0 rings (SSSR count). The third-order valence-corrected chi connectivity index (χ3v) is 0. The molecule has 0 aromatic carbocycles. The smallest absolute Gasteiger partial charge is 0 e. The van der Waals surface area contributed by atoms with Gasteiger partial charge in [0.1, 0.15) is 0 Å². The molecule has 0 aliphatic carbocycles. The topological polar surface area (TPSA) is 94.5 Å². The summed E-state index contributed by atoms with van der Waals surface area (Å²) in [5.41, 5.74) is 0. The van der Waals surface area contributed by atoms with Crippen molar-refractivity contribution in [1.29, 1.82) is 0 Å². The third-order valence-electron chi connectivity index (χ3n) is 0. The molecule has 0 saturated carbocycles. The molecular weight excluding hydrogens is 151 g/mol. The normalized spacial score (nSPS) is 0. The van der Waals surface area contributed by atoms with Gasteiger partial charge in [-0.25, -0.2) is 0 Å². The number of hydrogen-bond donors (Lipinski definition) is 0. The zero-order valence-corrected chi connectivity index (χ0v) is 5.46. The molecule has 0 heterocycles. The Morgan fingerprint density at radius 3 is 0.600 bits per heavy atom. The van der Waals surface area contributed by atoms with Crippen molar-refractivity contribution in [2.24, 2.45) is 0 Å². The summed E-state index contributed by atoms with van der Waals surface area (Å²) in [6, 6.07) is 0. The van der Waals surface area contributed by atoms with Crippen molar-refractivity contribution in [3.63, 3.8) is 0 Å². The molecule has 0 aliphatic rings. The zero-order chi connectivity index (χ0) is 0. The fourth-order valence-electron chi connectivity index (χ4n) is 0. The molecule has 0 aromatic rings. The molecule has 6 N–H and O–H groups in total. The fraction of sp³-hybridized carbons (Fsp3) is 0. The Bertz CT molecular complexity index is 6.85. The first-order chi connectivity index (χ1) is 0. The van der Waals surface area contributed by atoms with Crippen LogP contribution in [0, 0.1) is 7.43 Å². The van der Waals surface area contributed by atoms with E-state index in [4.69, 9.17) is 0 Å². The summed E-state index contributed by atoms with van der Waals surface area (Å²) in [4.78, 5) is 0. The quantitative estimate of drug-likeness (QED) is 0.366. The average Bonchev–Trinajstić information content (AvgIpc) is 0. The predicted molar refractivity (Wildman–Crippen MR) is 17.3 cm³/mol. The SMILES string of the molecule is O.O.O.[CH3-].[Zr]. The van der Waals surface area contributed by atoms with Crippen LogP contribution in [0.4, 0.5) is 0 Å². The van der Waals surface area contributed by atoms with E-state index in [2.05, 4.69) is 0 Å². The van der Waals surface area contributed by atoms with Gasteiger partial charge in [-0.1, -0.05) is 0 Å². The Hall–Kier alpha value is 0.763. The second-order valence-corrected chi connectivity index (χ2v) is 0. The van der Waals surface area contributed by atoms with Crippen LogP contribution in [0.1, 0.15) is 0 Å². The van der Waals surface area contributed by atoms with Crippen molar-refractivity contribution >= 4 is 0 Å². The summed E-state index contributed by atoms with van der Waals surface area (Å²) >= 11 is 0. The Labute approximate surface area is 50.4 Å². The van der Waals surface area contributed by atoms with Crippen LogP contribution in [-0.2, 0) is 26.2 Å². The molecule has 0 saturated heterocycles. The molecule has 3 nitrogen and oxygen atoms in total. The van der Waals surface area contributed by atoms with Gasteiger partial charge in [0.05, 0.1) is 0 Å². The van der Waals surface area contributed by atoms with E-state index in [1.807, 2.05) is 0 Å². The summed E-state index contributed by atoms with van der Waals surface area (Å²) in [6.45, 7) is 0. The Morgan fingerprint density at radius 2 is 0.600 bits per heavy atom. The van der Waals surface area contributed by atoms with Crippen molar-refractivity contribution in [3.8, 4) is 0 Å². The molecule has 5 heavy (non-hydrogen) atoms. The van der Waals surface area contributed by atoms with Crippen molar-refractivity contribution < 1.29 is 42.6 Å². The summed E-state index contributed by atoms with van der Waals surface area (Å²) in [6.07, 6.45) is 0. The third kappa shape index (κ3) is 62.4. The van der Waals surface area contributed by atoms with Crippen LogP contribution < -0.4 is 0 Å².